The summed E-state index contributed by atoms with van der Waals surface area (Å²) in [5.74, 6) is 0.302. The van der Waals surface area contributed by atoms with E-state index in [4.69, 9.17) is 0 Å². The number of amides is 1. The van der Waals surface area contributed by atoms with Crippen molar-refractivity contribution in [1.29, 1.82) is 0 Å². The van der Waals surface area contributed by atoms with Gasteiger partial charge in [-0.25, -0.2) is 14.4 Å². The predicted molar refractivity (Wildman–Crippen MR) is 119 cm³/mol. The summed E-state index contributed by atoms with van der Waals surface area (Å²) in [7, 11) is 3.93. The summed E-state index contributed by atoms with van der Waals surface area (Å²) in [4.78, 5) is 27.1. The Hall–Kier alpha value is -2.84. The molecule has 0 unspecified atom stereocenters. The molecule has 3 aromatic rings. The average molecular weight is 426 g/mol. The third-order valence-corrected chi connectivity index (χ3v) is 6.18. The van der Waals surface area contributed by atoms with Crippen LogP contribution in [-0.4, -0.2) is 52.9 Å². The van der Waals surface area contributed by atoms with Gasteiger partial charge in [-0.2, -0.15) is 0 Å². The molecule has 0 bridgehead atoms. The van der Waals surface area contributed by atoms with E-state index in [2.05, 4.69) is 15.3 Å². The Bertz CT molecular complexity index is 1120. The normalized spacial score (nSPS) is 14.0. The third-order valence-electron chi connectivity index (χ3n) is 5.05. The van der Waals surface area contributed by atoms with Gasteiger partial charge in [-0.3, -0.25) is 4.79 Å². The molecule has 2 aromatic heterocycles. The lowest BCUT2D eigenvalue weighted by atomic mass is 10.0. The molecule has 0 saturated carbocycles. The van der Waals surface area contributed by atoms with Gasteiger partial charge in [0.05, 0.1) is 17.6 Å². The van der Waals surface area contributed by atoms with Gasteiger partial charge < -0.3 is 15.1 Å². The first-order valence-electron chi connectivity index (χ1n) is 9.81. The van der Waals surface area contributed by atoms with Crippen molar-refractivity contribution < 1.29 is 9.18 Å². The third kappa shape index (κ3) is 4.20. The maximum Gasteiger partial charge on any atom is 0.246 e. The number of rotatable bonds is 5. The molecule has 156 valence electrons. The van der Waals surface area contributed by atoms with Crippen molar-refractivity contribution in [2.45, 2.75) is 19.9 Å². The van der Waals surface area contributed by atoms with E-state index in [-0.39, 0.29) is 11.7 Å². The molecule has 0 aliphatic carbocycles. The van der Waals surface area contributed by atoms with Crippen LogP contribution in [0.1, 0.15) is 16.0 Å². The van der Waals surface area contributed by atoms with Gasteiger partial charge in [-0.05, 0) is 50.7 Å². The van der Waals surface area contributed by atoms with Crippen molar-refractivity contribution in [3.05, 3.63) is 58.5 Å². The van der Waals surface area contributed by atoms with Crippen molar-refractivity contribution in [3.8, 4) is 0 Å². The topological polar surface area (TPSA) is 61.4 Å². The number of carbonyl (C=O) groups excluding carboxylic acids is 1. The molecule has 8 heteroatoms. The molecule has 4 rings (SSSR count). The Labute approximate surface area is 179 Å². The first-order valence-corrected chi connectivity index (χ1v) is 10.6. The molecule has 1 amide bonds. The zero-order valence-electron chi connectivity index (χ0n) is 17.3. The number of aryl methyl sites for hydroxylation is 1. The summed E-state index contributed by atoms with van der Waals surface area (Å²) in [6.07, 6.45) is 5.74. The van der Waals surface area contributed by atoms with Crippen molar-refractivity contribution in [3.63, 3.8) is 0 Å². The van der Waals surface area contributed by atoms with E-state index in [1.54, 1.807) is 29.5 Å². The molecule has 0 spiro atoms. The number of fused-ring (bicyclic) bond motifs is 3. The fourth-order valence-electron chi connectivity index (χ4n) is 3.54. The van der Waals surface area contributed by atoms with E-state index in [1.807, 2.05) is 36.9 Å². The van der Waals surface area contributed by atoms with Gasteiger partial charge in [-0.15, -0.1) is 11.3 Å². The number of likely N-dealkylation sites (N-methyl/N-ethyl adjacent to an activating group) is 1. The summed E-state index contributed by atoms with van der Waals surface area (Å²) in [6.45, 7) is 3.84. The van der Waals surface area contributed by atoms with E-state index in [0.717, 1.165) is 39.2 Å². The summed E-state index contributed by atoms with van der Waals surface area (Å²) in [6, 6.07) is 4.95. The maximum atomic E-state index is 14.3. The highest BCUT2D eigenvalue weighted by Crippen LogP contribution is 2.38. The highest BCUT2D eigenvalue weighted by molar-refractivity contribution is 7.19. The number of halogens is 1. The van der Waals surface area contributed by atoms with Crippen molar-refractivity contribution in [2.24, 2.45) is 0 Å². The van der Waals surface area contributed by atoms with Gasteiger partial charge in [-0.1, -0.05) is 12.1 Å². The lowest BCUT2D eigenvalue weighted by molar-refractivity contribution is -0.126. The molecule has 0 atom stereocenters. The minimum atomic E-state index is -0.322. The number of hydrogen-bond acceptors (Lipinski definition) is 6. The van der Waals surface area contributed by atoms with E-state index < -0.39 is 0 Å². The van der Waals surface area contributed by atoms with Crippen LogP contribution in [0.2, 0.25) is 0 Å². The second-order valence-electron chi connectivity index (χ2n) is 7.69. The summed E-state index contributed by atoms with van der Waals surface area (Å²) < 4.78 is 14.3. The number of aromatic nitrogens is 2. The standard InChI is InChI=1S/C22H24FN5OS/c1-14-6-7-16(23)17(11-14)26-21-20-15-8-10-28(19(29)5-4-9-27(2)3)12-18(15)30-22(20)25-13-24-21/h4-7,11,13H,8-10,12H2,1-3H3,(H,24,25,26). The van der Waals surface area contributed by atoms with Gasteiger partial charge in [0.1, 0.15) is 22.8 Å². The number of anilines is 2. The molecule has 1 aliphatic heterocycles. The second-order valence-corrected chi connectivity index (χ2v) is 8.77. The van der Waals surface area contributed by atoms with Gasteiger partial charge in [0.15, 0.2) is 0 Å². The van der Waals surface area contributed by atoms with Crippen LogP contribution in [0.3, 0.4) is 0 Å². The maximum absolute atomic E-state index is 14.3. The largest absolute Gasteiger partial charge is 0.337 e. The first kappa shape index (κ1) is 20.4. The first-order chi connectivity index (χ1) is 14.4. The van der Waals surface area contributed by atoms with Crippen LogP contribution in [0.5, 0.6) is 0 Å². The molecule has 1 N–H and O–H groups in total. The number of hydrogen-bond donors (Lipinski definition) is 1. The van der Waals surface area contributed by atoms with E-state index in [1.165, 1.54) is 12.4 Å². The minimum Gasteiger partial charge on any atom is -0.337 e. The Morgan fingerprint density at radius 1 is 1.37 bits per heavy atom. The summed E-state index contributed by atoms with van der Waals surface area (Å²) >= 11 is 1.57. The molecule has 0 saturated heterocycles. The number of carbonyl (C=O) groups is 1. The average Bonchev–Trinajstić information content (AvgIpc) is 3.09. The SMILES string of the molecule is Cc1ccc(F)c(Nc2ncnc3sc4c(c23)CCN(C(=O)C=CCN(C)C)C4)c1. The quantitative estimate of drug-likeness (QED) is 0.629. The number of benzene rings is 1. The number of nitrogens with one attached hydrogen (secondary N) is 1. The molecular weight excluding hydrogens is 401 g/mol. The molecule has 3 heterocycles. The van der Waals surface area contributed by atoms with Crippen molar-refractivity contribution in [1.82, 2.24) is 19.8 Å². The summed E-state index contributed by atoms with van der Waals surface area (Å²) in [5.41, 5.74) is 2.51. The number of thiophene rings is 1. The van der Waals surface area contributed by atoms with Crippen LogP contribution < -0.4 is 5.32 Å². The Kier molecular flexibility index (Phi) is 5.78. The zero-order chi connectivity index (χ0) is 21.3. The van der Waals surface area contributed by atoms with E-state index in [9.17, 15) is 9.18 Å². The lowest BCUT2D eigenvalue weighted by Gasteiger charge is -2.26. The molecule has 1 aromatic carbocycles. The Morgan fingerprint density at radius 2 is 2.20 bits per heavy atom. The molecule has 30 heavy (non-hydrogen) atoms. The molecule has 0 fully saturated rings. The van der Waals surface area contributed by atoms with Crippen LogP contribution in [-0.2, 0) is 17.8 Å². The monoisotopic (exact) mass is 425 g/mol. The molecule has 6 nitrogen and oxygen atoms in total. The van der Waals surface area contributed by atoms with Gasteiger partial charge >= 0.3 is 0 Å². The van der Waals surface area contributed by atoms with Crippen LogP contribution in [0.25, 0.3) is 10.2 Å². The van der Waals surface area contributed by atoms with Gasteiger partial charge in [0, 0.05) is 24.0 Å². The van der Waals surface area contributed by atoms with Crippen LogP contribution >= 0.6 is 11.3 Å². The fourth-order valence-corrected chi connectivity index (χ4v) is 4.75. The van der Waals surface area contributed by atoms with Crippen molar-refractivity contribution >= 4 is 39.0 Å². The lowest BCUT2D eigenvalue weighted by Crippen LogP contribution is -2.34. The zero-order valence-corrected chi connectivity index (χ0v) is 18.1. The number of nitrogens with zero attached hydrogens (tertiary/aromatic N) is 4. The van der Waals surface area contributed by atoms with E-state index in [0.29, 0.717) is 24.6 Å². The van der Waals surface area contributed by atoms with Crippen LogP contribution in [0.15, 0.2) is 36.7 Å². The smallest absolute Gasteiger partial charge is 0.246 e. The molecule has 0 radical (unpaired) electrons. The highest BCUT2D eigenvalue weighted by Gasteiger charge is 2.25. The second kappa shape index (κ2) is 8.49. The highest BCUT2D eigenvalue weighted by atomic mass is 32.1. The predicted octanol–water partition coefficient (Wildman–Crippen LogP) is 3.88. The van der Waals surface area contributed by atoms with Gasteiger partial charge in [0.2, 0.25) is 5.91 Å². The molecular formula is C22H24FN5OS. The summed E-state index contributed by atoms with van der Waals surface area (Å²) in [5, 5.41) is 4.07. The van der Waals surface area contributed by atoms with E-state index >= 15 is 0 Å². The molecule has 1 aliphatic rings. The van der Waals surface area contributed by atoms with Crippen LogP contribution in [0, 0.1) is 12.7 Å². The minimum absolute atomic E-state index is 0.0196. The van der Waals surface area contributed by atoms with Crippen molar-refractivity contribution in [2.75, 3.05) is 32.5 Å². The Morgan fingerprint density at radius 3 is 3.00 bits per heavy atom. The fraction of sp³-hybridized carbons (Fsp3) is 0.318. The van der Waals surface area contributed by atoms with Gasteiger partial charge in [0.25, 0.3) is 0 Å². The van der Waals surface area contributed by atoms with Crippen LogP contribution in [0.4, 0.5) is 15.9 Å². The Balaban J connectivity index is 1.61.